The lowest BCUT2D eigenvalue weighted by Crippen LogP contribution is -2.49. The smallest absolute Gasteiger partial charge is 0.335 e. The van der Waals surface area contributed by atoms with Crippen molar-refractivity contribution < 1.29 is 29.0 Å². The molecule has 0 amide bonds. The number of rotatable bonds is 3. The zero-order valence-electron chi connectivity index (χ0n) is 10.3. The minimum atomic E-state index is -1.84. The van der Waals surface area contributed by atoms with Gasteiger partial charge in [-0.2, -0.15) is 0 Å². The van der Waals surface area contributed by atoms with Gasteiger partial charge in [0.05, 0.1) is 19.3 Å². The van der Waals surface area contributed by atoms with Gasteiger partial charge in [0.2, 0.25) is 6.23 Å². The molecule has 0 aromatic carbocycles. The van der Waals surface area contributed by atoms with E-state index in [0.29, 0.717) is 5.82 Å². The predicted molar refractivity (Wildman–Crippen MR) is 59.9 cm³/mol. The Kier molecular flexibility index (Phi) is 3.68. The highest BCUT2D eigenvalue weighted by Gasteiger charge is 2.57. The van der Waals surface area contributed by atoms with Gasteiger partial charge in [-0.3, -0.25) is 0 Å². The predicted octanol–water partition coefficient (Wildman–Crippen LogP) is -2.08. The molecular formula is C11H16FN2O5+. The third kappa shape index (κ3) is 2.16. The van der Waals surface area contributed by atoms with Gasteiger partial charge in [0, 0.05) is 6.92 Å². The van der Waals surface area contributed by atoms with Crippen molar-refractivity contribution in [2.24, 2.45) is 0 Å². The van der Waals surface area contributed by atoms with Crippen LogP contribution in [0.15, 0.2) is 17.1 Å². The molecule has 0 unspecified atom stereocenters. The summed E-state index contributed by atoms with van der Waals surface area (Å²) in [7, 11) is 0. The highest BCUT2D eigenvalue weighted by atomic mass is 19.1. The van der Waals surface area contributed by atoms with Crippen LogP contribution in [0.1, 0.15) is 12.1 Å². The van der Waals surface area contributed by atoms with Crippen LogP contribution in [0, 0.1) is 6.92 Å². The van der Waals surface area contributed by atoms with Gasteiger partial charge in [-0.25, -0.2) is 18.7 Å². The Hall–Kier alpha value is -1.35. The molecule has 4 N–H and O–H groups in total. The maximum atomic E-state index is 14.1. The van der Waals surface area contributed by atoms with E-state index >= 15 is 0 Å². The van der Waals surface area contributed by atoms with E-state index in [1.54, 1.807) is 6.92 Å². The molecular weight excluding hydrogens is 259 g/mol. The van der Waals surface area contributed by atoms with Crippen molar-refractivity contribution in [3.05, 3.63) is 28.4 Å². The minimum Gasteiger partial charge on any atom is -0.393 e. The Bertz CT molecular complexity index is 516. The van der Waals surface area contributed by atoms with Crippen LogP contribution in [0.25, 0.3) is 0 Å². The number of alkyl halides is 1. The number of aliphatic hydroxyl groups excluding tert-OH is 3. The number of aryl methyl sites for hydroxylation is 1. The second-order valence-corrected chi connectivity index (χ2v) is 4.58. The number of hydrogen-bond donors (Lipinski definition) is 4. The Labute approximate surface area is 107 Å². The van der Waals surface area contributed by atoms with Crippen molar-refractivity contribution in [3.63, 3.8) is 0 Å². The van der Waals surface area contributed by atoms with E-state index in [1.807, 2.05) is 0 Å². The van der Waals surface area contributed by atoms with Crippen LogP contribution in [0.5, 0.6) is 0 Å². The molecule has 8 heteroatoms. The molecule has 0 aliphatic carbocycles. The summed E-state index contributed by atoms with van der Waals surface area (Å²) in [6, 6.07) is 1.19. The Morgan fingerprint density at radius 3 is 2.63 bits per heavy atom. The molecule has 1 aromatic heterocycles. The first-order chi connectivity index (χ1) is 8.95. The van der Waals surface area contributed by atoms with Crippen molar-refractivity contribution >= 4 is 0 Å². The average molecular weight is 275 g/mol. The average Bonchev–Trinajstić information content (AvgIpc) is 2.64. The fourth-order valence-corrected chi connectivity index (χ4v) is 2.16. The lowest BCUT2D eigenvalue weighted by Gasteiger charge is -2.26. The van der Waals surface area contributed by atoms with E-state index in [-0.39, 0.29) is 5.56 Å². The Morgan fingerprint density at radius 1 is 1.53 bits per heavy atom. The first-order valence-corrected chi connectivity index (χ1v) is 5.78. The van der Waals surface area contributed by atoms with Gasteiger partial charge in [0.15, 0.2) is 6.17 Å². The molecule has 2 heterocycles. The summed E-state index contributed by atoms with van der Waals surface area (Å²) < 4.78 is 20.7. The number of aliphatic hydroxyl groups is 3. The van der Waals surface area contributed by atoms with Crippen molar-refractivity contribution in [1.82, 2.24) is 4.98 Å². The second kappa shape index (κ2) is 4.97. The van der Waals surface area contributed by atoms with Gasteiger partial charge in [-0.1, -0.05) is 0 Å². The van der Waals surface area contributed by atoms with Crippen LogP contribution >= 0.6 is 0 Å². The van der Waals surface area contributed by atoms with E-state index in [1.165, 1.54) is 16.8 Å². The zero-order chi connectivity index (χ0) is 14.2. The third-order valence-corrected chi connectivity index (χ3v) is 3.36. The van der Waals surface area contributed by atoms with Crippen LogP contribution in [0.4, 0.5) is 4.39 Å². The summed E-state index contributed by atoms with van der Waals surface area (Å²) >= 11 is 0. The number of aromatic amines is 1. The molecule has 1 aliphatic heterocycles. The number of nitrogens with zero attached hydrogens (tertiary/aromatic N) is 1. The first kappa shape index (κ1) is 14.1. The molecule has 0 radical (unpaired) electrons. The quantitative estimate of drug-likeness (QED) is 0.474. The number of H-pyrrole nitrogens is 1. The molecule has 0 saturated carbocycles. The molecule has 7 nitrogen and oxygen atoms in total. The number of aromatic nitrogens is 2. The van der Waals surface area contributed by atoms with E-state index < -0.39 is 37.3 Å². The normalized spacial score (nSPS) is 29.6. The van der Waals surface area contributed by atoms with Crippen molar-refractivity contribution in [3.8, 4) is 0 Å². The molecule has 3 atom stereocenters. The molecule has 19 heavy (non-hydrogen) atoms. The monoisotopic (exact) mass is 275 g/mol. The van der Waals surface area contributed by atoms with Crippen molar-refractivity contribution in [2.75, 3.05) is 13.2 Å². The van der Waals surface area contributed by atoms with E-state index in [9.17, 15) is 24.5 Å². The fraction of sp³-hybridized carbons (Fsp3) is 0.636. The number of ether oxygens (including phenoxy) is 1. The SMILES string of the molecule is Cc1[nH]c(=O)cc[n+]1[C@@H]1OC(CO)(CO)[C@@H](O)[C@H]1F. The van der Waals surface area contributed by atoms with Gasteiger partial charge in [-0.15, -0.1) is 0 Å². The van der Waals surface area contributed by atoms with Gasteiger partial charge in [-0.05, 0) is 0 Å². The summed E-state index contributed by atoms with van der Waals surface area (Å²) in [6.45, 7) is 0.108. The Morgan fingerprint density at radius 2 is 2.16 bits per heavy atom. The molecule has 106 valence electrons. The molecule has 2 rings (SSSR count). The van der Waals surface area contributed by atoms with Crippen LogP contribution in [0.2, 0.25) is 0 Å². The highest BCUT2D eigenvalue weighted by molar-refractivity contribution is 4.98. The number of halogens is 1. The highest BCUT2D eigenvalue weighted by Crippen LogP contribution is 2.36. The molecule has 1 saturated heterocycles. The van der Waals surface area contributed by atoms with Gasteiger partial charge in [0.25, 0.3) is 5.82 Å². The Balaban J connectivity index is 2.39. The molecule has 1 aliphatic rings. The third-order valence-electron chi connectivity index (χ3n) is 3.36. The summed E-state index contributed by atoms with van der Waals surface area (Å²) in [6.07, 6.45) is -3.41. The molecule has 0 spiro atoms. The van der Waals surface area contributed by atoms with Crippen LogP contribution in [0.3, 0.4) is 0 Å². The van der Waals surface area contributed by atoms with Crippen LogP contribution < -0.4 is 10.1 Å². The van der Waals surface area contributed by atoms with Crippen molar-refractivity contribution in [1.29, 1.82) is 0 Å². The second-order valence-electron chi connectivity index (χ2n) is 4.58. The number of nitrogens with one attached hydrogen (secondary N) is 1. The molecule has 1 aromatic rings. The fourth-order valence-electron chi connectivity index (χ4n) is 2.16. The molecule has 0 bridgehead atoms. The molecule has 1 fully saturated rings. The van der Waals surface area contributed by atoms with Crippen LogP contribution in [-0.2, 0) is 4.74 Å². The summed E-state index contributed by atoms with van der Waals surface area (Å²) in [5.41, 5.74) is -2.10. The van der Waals surface area contributed by atoms with E-state index in [0.717, 1.165) is 0 Å². The summed E-state index contributed by atoms with van der Waals surface area (Å²) in [5.74, 6) is 0.332. The zero-order valence-corrected chi connectivity index (χ0v) is 10.3. The van der Waals surface area contributed by atoms with Gasteiger partial charge in [0.1, 0.15) is 17.9 Å². The standard InChI is InChI=1S/C11H15FN2O5/c1-6-13-7(17)2-3-14(6)10-8(12)9(18)11(4-15,5-16)19-10/h2-3,8-10,15-16,18H,4-5H2,1H3/p+1/t8-,9+,10-/m1/s1. The lowest BCUT2D eigenvalue weighted by molar-refractivity contribution is -0.773. The number of hydrogen-bond acceptors (Lipinski definition) is 5. The topological polar surface area (TPSA) is 107 Å². The van der Waals surface area contributed by atoms with Crippen molar-refractivity contribution in [2.45, 2.75) is 31.0 Å². The van der Waals surface area contributed by atoms with Gasteiger partial charge >= 0.3 is 5.56 Å². The maximum Gasteiger partial charge on any atom is 0.335 e. The van der Waals surface area contributed by atoms with Crippen LogP contribution in [-0.4, -0.2) is 51.4 Å². The van der Waals surface area contributed by atoms with E-state index in [2.05, 4.69) is 4.98 Å². The summed E-state index contributed by atoms with van der Waals surface area (Å²) in [5, 5.41) is 28.2. The van der Waals surface area contributed by atoms with E-state index in [4.69, 9.17) is 4.74 Å². The minimum absolute atomic E-state index is 0.332. The summed E-state index contributed by atoms with van der Waals surface area (Å²) in [4.78, 5) is 13.6. The van der Waals surface area contributed by atoms with Gasteiger partial charge < -0.3 is 20.1 Å². The maximum absolute atomic E-state index is 14.1. The lowest BCUT2D eigenvalue weighted by atomic mass is 9.98. The first-order valence-electron chi connectivity index (χ1n) is 5.78. The largest absolute Gasteiger partial charge is 0.393 e.